The first-order valence-electron chi connectivity index (χ1n) is 21.9. The van der Waals surface area contributed by atoms with E-state index in [0.717, 1.165) is 67.0 Å². The zero-order valence-electron chi connectivity index (χ0n) is 35.7. The van der Waals surface area contributed by atoms with Gasteiger partial charge in [0.1, 0.15) is 12.0 Å². The Morgan fingerprint density at radius 3 is 1.68 bits per heavy atom. The van der Waals surface area contributed by atoms with Gasteiger partial charge in [0.2, 0.25) is 0 Å². The lowest BCUT2D eigenvalue weighted by Crippen LogP contribution is -2.33. The summed E-state index contributed by atoms with van der Waals surface area (Å²) < 4.78 is 0. The predicted molar refractivity (Wildman–Crippen MR) is 270 cm³/mol. The molecular formula is C61H39N5. The number of benzene rings is 10. The number of nitrogens with zero attached hydrogens (tertiary/aromatic N) is 4. The average molecular weight is 842 g/mol. The number of nitrogens with one attached hydrogen (secondary N) is 1. The van der Waals surface area contributed by atoms with Crippen molar-refractivity contribution >= 4 is 33.2 Å². The Labute approximate surface area is 383 Å². The van der Waals surface area contributed by atoms with E-state index >= 15 is 0 Å². The van der Waals surface area contributed by atoms with Crippen LogP contribution in [-0.4, -0.2) is 11.7 Å². The van der Waals surface area contributed by atoms with Crippen molar-refractivity contribution in [1.29, 1.82) is 10.5 Å². The minimum atomic E-state index is -0.340. The van der Waals surface area contributed by atoms with Gasteiger partial charge in [-0.2, -0.15) is 10.5 Å². The molecule has 0 radical (unpaired) electrons. The van der Waals surface area contributed by atoms with Gasteiger partial charge in [0.25, 0.3) is 0 Å². The summed E-state index contributed by atoms with van der Waals surface area (Å²) in [6.45, 7) is 0. The van der Waals surface area contributed by atoms with Gasteiger partial charge in [-0.25, -0.2) is 9.98 Å². The molecule has 0 amide bonds. The molecule has 0 bridgehead atoms. The van der Waals surface area contributed by atoms with Crippen LogP contribution in [0.15, 0.2) is 234 Å². The van der Waals surface area contributed by atoms with Crippen LogP contribution >= 0.6 is 0 Å². The highest BCUT2D eigenvalue weighted by atomic mass is 15.2. The summed E-state index contributed by atoms with van der Waals surface area (Å²) in [5.74, 6) is 1.35. The van der Waals surface area contributed by atoms with Crippen LogP contribution in [0.2, 0.25) is 0 Å². The summed E-state index contributed by atoms with van der Waals surface area (Å²) in [6, 6.07) is 81.9. The fourth-order valence-electron chi connectivity index (χ4n) is 9.00. The fraction of sp³-hybridized carbons (Fsp3) is 0.0164. The summed E-state index contributed by atoms with van der Waals surface area (Å²) in [5, 5.41) is 28.1. The lowest BCUT2D eigenvalue weighted by atomic mass is 9.91. The Kier molecular flexibility index (Phi) is 10.3. The maximum absolute atomic E-state index is 10.2. The van der Waals surface area contributed by atoms with Crippen LogP contribution in [0.5, 0.6) is 0 Å². The van der Waals surface area contributed by atoms with Gasteiger partial charge >= 0.3 is 0 Å². The lowest BCUT2D eigenvalue weighted by molar-refractivity contribution is 0.674. The second kappa shape index (κ2) is 17.2. The molecule has 0 aromatic heterocycles. The smallest absolute Gasteiger partial charge is 0.159 e. The van der Waals surface area contributed by atoms with Crippen molar-refractivity contribution < 1.29 is 0 Å². The number of hydrogen-bond acceptors (Lipinski definition) is 5. The van der Waals surface area contributed by atoms with Gasteiger partial charge in [0, 0.05) is 16.7 Å². The minimum absolute atomic E-state index is 0.340. The highest BCUT2D eigenvalue weighted by molar-refractivity contribution is 6.15. The number of hydrogen-bond donors (Lipinski definition) is 1. The average Bonchev–Trinajstić information content (AvgIpc) is 3.40. The molecule has 11 rings (SSSR count). The topological polar surface area (TPSA) is 84.3 Å². The third-order valence-corrected chi connectivity index (χ3v) is 12.4. The van der Waals surface area contributed by atoms with Crippen LogP contribution in [0.1, 0.15) is 34.0 Å². The normalized spacial score (nSPS) is 13.3. The second-order valence-electron chi connectivity index (χ2n) is 16.4. The maximum atomic E-state index is 10.2. The standard InChI is InChI=1S/C61H39N5/c62-38-40-19-21-41(22-20-40)50-14-7-16-53(36-50)61-65-59(47-10-2-1-3-11-47)64-60(66-61)48-31-25-43(26-32-48)51-33-34-54(39-63)57(37-51)45-27-23-42(24-28-45)49-13-6-15-52(35-49)56-18-8-12-46-30-29-44-9-4-5-17-55(44)58(46)56/h1-37,59H,(H,64,65,66). The molecule has 0 saturated carbocycles. The number of nitriles is 2. The van der Waals surface area contributed by atoms with E-state index in [0.29, 0.717) is 17.0 Å². The van der Waals surface area contributed by atoms with Crippen molar-refractivity contribution in [2.24, 2.45) is 9.98 Å². The molecule has 1 N–H and O–H groups in total. The first-order valence-corrected chi connectivity index (χ1v) is 21.9. The summed E-state index contributed by atoms with van der Waals surface area (Å²) in [7, 11) is 0. The lowest BCUT2D eigenvalue weighted by Gasteiger charge is -2.24. The Bertz CT molecular complexity index is 3610. The highest BCUT2D eigenvalue weighted by Gasteiger charge is 2.22. The zero-order valence-corrected chi connectivity index (χ0v) is 35.7. The van der Waals surface area contributed by atoms with E-state index < -0.39 is 0 Å². The van der Waals surface area contributed by atoms with Gasteiger partial charge in [-0.05, 0) is 114 Å². The van der Waals surface area contributed by atoms with Gasteiger partial charge in [-0.1, -0.05) is 188 Å². The van der Waals surface area contributed by atoms with Crippen molar-refractivity contribution in [3.05, 3.63) is 252 Å². The molecular weight excluding hydrogens is 803 g/mol. The maximum Gasteiger partial charge on any atom is 0.159 e. The molecule has 66 heavy (non-hydrogen) atoms. The van der Waals surface area contributed by atoms with Gasteiger partial charge in [0.05, 0.1) is 23.3 Å². The van der Waals surface area contributed by atoms with E-state index in [4.69, 9.17) is 9.98 Å². The molecule has 1 aliphatic rings. The Balaban J connectivity index is 0.878. The van der Waals surface area contributed by atoms with Crippen molar-refractivity contribution in [2.45, 2.75) is 6.17 Å². The predicted octanol–water partition coefficient (Wildman–Crippen LogP) is 14.6. The molecule has 0 aliphatic carbocycles. The van der Waals surface area contributed by atoms with Crippen LogP contribution in [-0.2, 0) is 0 Å². The van der Waals surface area contributed by atoms with E-state index in [1.54, 1.807) is 0 Å². The van der Waals surface area contributed by atoms with Gasteiger partial charge in [-0.3, -0.25) is 0 Å². The van der Waals surface area contributed by atoms with Crippen LogP contribution in [0.25, 0.3) is 77.2 Å². The number of aliphatic imine (C=N–C) groups is 2. The molecule has 0 fully saturated rings. The van der Waals surface area contributed by atoms with E-state index in [1.165, 1.54) is 32.7 Å². The second-order valence-corrected chi connectivity index (χ2v) is 16.4. The number of fused-ring (bicyclic) bond motifs is 3. The number of rotatable bonds is 8. The zero-order chi connectivity index (χ0) is 44.4. The Morgan fingerprint density at radius 1 is 0.394 bits per heavy atom. The molecule has 1 atom stereocenters. The molecule has 5 nitrogen and oxygen atoms in total. The van der Waals surface area contributed by atoms with Crippen LogP contribution in [0.4, 0.5) is 0 Å². The fourth-order valence-corrected chi connectivity index (χ4v) is 9.00. The van der Waals surface area contributed by atoms with Gasteiger partial charge in [-0.15, -0.1) is 0 Å². The molecule has 1 aliphatic heterocycles. The molecule has 0 spiro atoms. The summed E-state index contributed by atoms with van der Waals surface area (Å²) in [4.78, 5) is 10.2. The monoisotopic (exact) mass is 841 g/mol. The minimum Gasteiger partial charge on any atom is -0.344 e. The van der Waals surface area contributed by atoms with Crippen molar-refractivity contribution in [1.82, 2.24) is 5.32 Å². The molecule has 0 saturated heterocycles. The third-order valence-electron chi connectivity index (χ3n) is 12.4. The molecule has 308 valence electrons. The van der Waals surface area contributed by atoms with E-state index in [9.17, 15) is 10.5 Å². The van der Waals surface area contributed by atoms with Gasteiger partial charge < -0.3 is 5.32 Å². The van der Waals surface area contributed by atoms with E-state index in [-0.39, 0.29) is 6.17 Å². The summed E-state index contributed by atoms with van der Waals surface area (Å²) in [5.41, 5.74) is 14.7. The first-order chi connectivity index (χ1) is 32.6. The van der Waals surface area contributed by atoms with E-state index in [2.05, 4.69) is 175 Å². The molecule has 10 aromatic rings. The molecule has 5 heteroatoms. The molecule has 1 heterocycles. The Hall–Kier alpha value is -9.16. The van der Waals surface area contributed by atoms with Gasteiger partial charge in [0.15, 0.2) is 5.84 Å². The summed E-state index contributed by atoms with van der Waals surface area (Å²) in [6.07, 6.45) is -0.340. The molecule has 1 unspecified atom stereocenters. The van der Waals surface area contributed by atoms with Crippen LogP contribution in [0.3, 0.4) is 0 Å². The van der Waals surface area contributed by atoms with Crippen LogP contribution < -0.4 is 5.32 Å². The van der Waals surface area contributed by atoms with Crippen molar-refractivity contribution in [3.8, 4) is 67.8 Å². The van der Waals surface area contributed by atoms with Crippen molar-refractivity contribution in [2.75, 3.05) is 0 Å². The SMILES string of the molecule is N#Cc1ccc(-c2cccc(C3=NC(c4ccccc4)NC(c4ccc(-c5ccc(C#N)c(-c6ccc(-c7cccc(-c8cccc9ccc%10ccccc%10c89)c7)cc6)c5)cc4)=N3)c2)cc1. The first kappa shape index (κ1) is 39.7. The highest BCUT2D eigenvalue weighted by Crippen LogP contribution is 2.37. The number of amidine groups is 2. The van der Waals surface area contributed by atoms with Crippen molar-refractivity contribution in [3.63, 3.8) is 0 Å². The largest absolute Gasteiger partial charge is 0.344 e. The summed E-state index contributed by atoms with van der Waals surface area (Å²) >= 11 is 0. The Morgan fingerprint density at radius 2 is 0.955 bits per heavy atom. The van der Waals surface area contributed by atoms with E-state index in [1.807, 2.05) is 66.7 Å². The third kappa shape index (κ3) is 7.68. The quantitative estimate of drug-likeness (QED) is 0.155. The van der Waals surface area contributed by atoms with Crippen LogP contribution in [0, 0.1) is 22.7 Å². The molecule has 10 aromatic carbocycles.